The maximum atomic E-state index is 12.4. The van der Waals surface area contributed by atoms with Crippen LogP contribution in [-0.4, -0.2) is 53.9 Å². The summed E-state index contributed by atoms with van der Waals surface area (Å²) in [7, 11) is 0. The minimum atomic E-state index is 0.120. The first-order valence-electron chi connectivity index (χ1n) is 8.80. The number of amides is 2. The lowest BCUT2D eigenvalue weighted by molar-refractivity contribution is -0.139. The smallest absolute Gasteiger partial charge is 0.227 e. The predicted molar refractivity (Wildman–Crippen MR) is 94.0 cm³/mol. The van der Waals surface area contributed by atoms with E-state index in [1.807, 2.05) is 54.8 Å². The fraction of sp³-hybridized carbons (Fsp3) is 0.579. The predicted octanol–water partition coefficient (Wildman–Crippen LogP) is 2.49. The molecular formula is C19H28N2O3. The van der Waals surface area contributed by atoms with Gasteiger partial charge in [0, 0.05) is 32.6 Å². The molecule has 1 heterocycles. The van der Waals surface area contributed by atoms with Crippen molar-refractivity contribution in [2.24, 2.45) is 0 Å². The number of hydrogen-bond donors (Lipinski definition) is 0. The van der Waals surface area contributed by atoms with E-state index >= 15 is 0 Å². The molecular weight excluding hydrogens is 304 g/mol. The number of piperazine rings is 1. The molecule has 0 atom stereocenters. The molecule has 0 bridgehead atoms. The Balaban J connectivity index is 1.82. The van der Waals surface area contributed by atoms with Gasteiger partial charge in [-0.2, -0.15) is 0 Å². The molecule has 2 rings (SSSR count). The second-order valence-corrected chi connectivity index (χ2v) is 6.50. The summed E-state index contributed by atoms with van der Waals surface area (Å²) >= 11 is 0. The van der Waals surface area contributed by atoms with Crippen molar-refractivity contribution in [2.45, 2.75) is 46.1 Å². The number of rotatable bonds is 6. The minimum absolute atomic E-state index is 0.120. The van der Waals surface area contributed by atoms with Crippen LogP contribution in [0.25, 0.3) is 0 Å². The maximum Gasteiger partial charge on any atom is 0.227 e. The second-order valence-electron chi connectivity index (χ2n) is 6.50. The van der Waals surface area contributed by atoms with Crippen LogP contribution in [0.3, 0.4) is 0 Å². The summed E-state index contributed by atoms with van der Waals surface area (Å²) < 4.78 is 5.61. The Morgan fingerprint density at radius 2 is 1.54 bits per heavy atom. The van der Waals surface area contributed by atoms with Gasteiger partial charge >= 0.3 is 0 Å². The Bertz CT molecular complexity index is 546. The standard InChI is InChI=1S/C19H28N2O3/c1-4-5-18(22)20-10-12-21(13-11-20)19(23)14-16-6-8-17(9-7-16)24-15(2)3/h6-9,15H,4-5,10-14H2,1-3H3. The zero-order chi connectivity index (χ0) is 17.5. The van der Waals surface area contributed by atoms with Gasteiger partial charge < -0.3 is 14.5 Å². The molecule has 5 nitrogen and oxygen atoms in total. The average molecular weight is 332 g/mol. The molecule has 1 aliphatic rings. The molecule has 1 aliphatic heterocycles. The van der Waals surface area contributed by atoms with Gasteiger partial charge in [-0.3, -0.25) is 9.59 Å². The summed E-state index contributed by atoms with van der Waals surface area (Å²) in [6.45, 7) is 8.53. The van der Waals surface area contributed by atoms with E-state index in [0.717, 1.165) is 17.7 Å². The van der Waals surface area contributed by atoms with Crippen molar-refractivity contribution in [3.05, 3.63) is 29.8 Å². The van der Waals surface area contributed by atoms with E-state index in [9.17, 15) is 9.59 Å². The van der Waals surface area contributed by atoms with Gasteiger partial charge in [0.05, 0.1) is 12.5 Å². The Kier molecular flexibility index (Phi) is 6.64. The molecule has 5 heteroatoms. The summed E-state index contributed by atoms with van der Waals surface area (Å²) in [4.78, 5) is 28.0. The molecule has 0 radical (unpaired) electrons. The highest BCUT2D eigenvalue weighted by Gasteiger charge is 2.23. The molecule has 0 unspecified atom stereocenters. The zero-order valence-corrected chi connectivity index (χ0v) is 15.0. The number of ether oxygens (including phenoxy) is 1. The van der Waals surface area contributed by atoms with Gasteiger partial charge in [-0.05, 0) is 38.0 Å². The molecule has 24 heavy (non-hydrogen) atoms. The third-order valence-corrected chi connectivity index (χ3v) is 4.10. The van der Waals surface area contributed by atoms with Gasteiger partial charge in [0.2, 0.25) is 11.8 Å². The lowest BCUT2D eigenvalue weighted by atomic mass is 10.1. The SMILES string of the molecule is CCCC(=O)N1CCN(C(=O)Cc2ccc(OC(C)C)cc2)CC1. The van der Waals surface area contributed by atoms with Crippen molar-refractivity contribution in [1.29, 1.82) is 0 Å². The van der Waals surface area contributed by atoms with Crippen molar-refractivity contribution in [3.63, 3.8) is 0 Å². The first-order chi connectivity index (χ1) is 11.5. The van der Waals surface area contributed by atoms with E-state index in [4.69, 9.17) is 4.74 Å². The van der Waals surface area contributed by atoms with Gasteiger partial charge in [-0.25, -0.2) is 0 Å². The van der Waals surface area contributed by atoms with E-state index in [-0.39, 0.29) is 17.9 Å². The number of benzene rings is 1. The molecule has 1 aromatic rings. The van der Waals surface area contributed by atoms with Gasteiger partial charge in [-0.1, -0.05) is 19.1 Å². The molecule has 1 aromatic carbocycles. The van der Waals surface area contributed by atoms with Crippen molar-refractivity contribution < 1.29 is 14.3 Å². The Labute approximate surface area is 144 Å². The summed E-state index contributed by atoms with van der Waals surface area (Å²) in [6, 6.07) is 7.70. The molecule has 0 aromatic heterocycles. The third-order valence-electron chi connectivity index (χ3n) is 4.10. The van der Waals surface area contributed by atoms with Crippen LogP contribution in [0.5, 0.6) is 5.75 Å². The van der Waals surface area contributed by atoms with Gasteiger partial charge in [-0.15, -0.1) is 0 Å². The van der Waals surface area contributed by atoms with Crippen LogP contribution in [0.2, 0.25) is 0 Å². The fourth-order valence-electron chi connectivity index (χ4n) is 2.82. The number of hydrogen-bond acceptors (Lipinski definition) is 3. The first-order valence-corrected chi connectivity index (χ1v) is 8.80. The van der Waals surface area contributed by atoms with E-state index in [1.54, 1.807) is 0 Å². The molecule has 1 fully saturated rings. The maximum absolute atomic E-state index is 12.4. The van der Waals surface area contributed by atoms with Gasteiger partial charge in [0.25, 0.3) is 0 Å². The number of nitrogens with zero attached hydrogens (tertiary/aromatic N) is 2. The van der Waals surface area contributed by atoms with Crippen LogP contribution in [0.1, 0.15) is 39.2 Å². The summed E-state index contributed by atoms with van der Waals surface area (Å²) in [5.41, 5.74) is 0.987. The summed E-state index contributed by atoms with van der Waals surface area (Å²) in [5.74, 6) is 1.14. The van der Waals surface area contributed by atoms with Gasteiger partial charge in [0.15, 0.2) is 0 Å². The summed E-state index contributed by atoms with van der Waals surface area (Å²) in [5, 5.41) is 0. The highest BCUT2D eigenvalue weighted by molar-refractivity contribution is 5.80. The van der Waals surface area contributed by atoms with Crippen LogP contribution in [0, 0.1) is 0 Å². The molecule has 132 valence electrons. The molecule has 0 saturated carbocycles. The zero-order valence-electron chi connectivity index (χ0n) is 15.0. The van der Waals surface area contributed by atoms with Crippen molar-refractivity contribution in [3.8, 4) is 5.75 Å². The molecule has 2 amide bonds. The topological polar surface area (TPSA) is 49.9 Å². The average Bonchev–Trinajstić information content (AvgIpc) is 2.56. The minimum Gasteiger partial charge on any atom is -0.491 e. The lowest BCUT2D eigenvalue weighted by Crippen LogP contribution is -2.50. The Hall–Kier alpha value is -2.04. The van der Waals surface area contributed by atoms with Crippen LogP contribution >= 0.6 is 0 Å². The highest BCUT2D eigenvalue weighted by Crippen LogP contribution is 2.15. The Morgan fingerprint density at radius 1 is 1.00 bits per heavy atom. The van der Waals surface area contributed by atoms with E-state index in [1.165, 1.54) is 0 Å². The van der Waals surface area contributed by atoms with Crippen LogP contribution in [-0.2, 0) is 16.0 Å². The van der Waals surface area contributed by atoms with E-state index in [0.29, 0.717) is 39.0 Å². The quantitative estimate of drug-likeness (QED) is 0.804. The highest BCUT2D eigenvalue weighted by atomic mass is 16.5. The molecule has 0 spiro atoms. The lowest BCUT2D eigenvalue weighted by Gasteiger charge is -2.35. The first kappa shape index (κ1) is 18.3. The summed E-state index contributed by atoms with van der Waals surface area (Å²) in [6.07, 6.45) is 2.00. The van der Waals surface area contributed by atoms with Crippen molar-refractivity contribution >= 4 is 11.8 Å². The van der Waals surface area contributed by atoms with E-state index < -0.39 is 0 Å². The molecule has 0 aliphatic carbocycles. The van der Waals surface area contributed by atoms with Crippen molar-refractivity contribution in [1.82, 2.24) is 9.80 Å². The normalized spacial score (nSPS) is 14.8. The fourth-order valence-corrected chi connectivity index (χ4v) is 2.82. The molecule has 0 N–H and O–H groups in total. The number of carbonyl (C=O) groups excluding carboxylic acids is 2. The number of carbonyl (C=O) groups is 2. The largest absolute Gasteiger partial charge is 0.491 e. The molecule has 1 saturated heterocycles. The van der Waals surface area contributed by atoms with Crippen molar-refractivity contribution in [2.75, 3.05) is 26.2 Å². The van der Waals surface area contributed by atoms with Crippen LogP contribution in [0.15, 0.2) is 24.3 Å². The Morgan fingerprint density at radius 3 is 2.04 bits per heavy atom. The van der Waals surface area contributed by atoms with Crippen LogP contribution < -0.4 is 4.74 Å². The second kappa shape index (κ2) is 8.71. The van der Waals surface area contributed by atoms with Gasteiger partial charge in [0.1, 0.15) is 5.75 Å². The van der Waals surface area contributed by atoms with Crippen LogP contribution in [0.4, 0.5) is 0 Å². The monoisotopic (exact) mass is 332 g/mol. The third kappa shape index (κ3) is 5.25. The van der Waals surface area contributed by atoms with E-state index in [2.05, 4.69) is 0 Å².